The minimum atomic E-state index is -0.174. The largest absolute Gasteiger partial charge is 0.875 e. The summed E-state index contributed by atoms with van der Waals surface area (Å²) in [4.78, 5) is 8.33. The molecule has 1 aliphatic rings. The fourth-order valence-electron chi connectivity index (χ4n) is 1.71. The number of hydrogen-bond acceptors (Lipinski definition) is 3. The molecule has 4 nitrogen and oxygen atoms in total. The Morgan fingerprint density at radius 2 is 1.82 bits per heavy atom. The van der Waals surface area contributed by atoms with Crippen LogP contribution in [0.5, 0.6) is 0 Å². The molecule has 0 aromatic heterocycles. The molecule has 1 aliphatic heterocycles. The average molecular weight is 226 g/mol. The minimum absolute atomic E-state index is 0.0103. The highest BCUT2D eigenvalue weighted by Gasteiger charge is 2.16. The molecule has 0 radical (unpaired) electrons. The average Bonchev–Trinajstić information content (AvgIpc) is 2.28. The first-order valence-corrected chi connectivity index (χ1v) is 5.26. The quantitative estimate of drug-likeness (QED) is 0.724. The van der Waals surface area contributed by atoms with Gasteiger partial charge in [0.1, 0.15) is 0 Å². The lowest BCUT2D eigenvalue weighted by Crippen LogP contribution is -2.22. The number of benzene rings is 1. The third-order valence-electron chi connectivity index (χ3n) is 2.47. The molecule has 17 heavy (non-hydrogen) atoms. The molecule has 0 fully saturated rings. The van der Waals surface area contributed by atoms with Crippen LogP contribution < -0.4 is 5.11 Å². The number of aliphatic imine (C=N–C) groups is 2. The van der Waals surface area contributed by atoms with E-state index in [1.807, 2.05) is 30.3 Å². The minimum Gasteiger partial charge on any atom is -0.875 e. The Kier molecular flexibility index (Phi) is 2.87. The summed E-state index contributed by atoms with van der Waals surface area (Å²) in [6.07, 6.45) is 0. The van der Waals surface area contributed by atoms with Crippen LogP contribution in [0.1, 0.15) is 19.4 Å². The molecule has 0 saturated carbocycles. The predicted octanol–water partition coefficient (Wildman–Crippen LogP) is 1.52. The molecule has 0 spiro atoms. The number of rotatable bonds is 1. The molecule has 0 saturated heterocycles. The lowest BCUT2D eigenvalue weighted by molar-refractivity contribution is -0.302. The second-order valence-electron chi connectivity index (χ2n) is 3.78. The molecular weight excluding hydrogens is 214 g/mol. The van der Waals surface area contributed by atoms with Gasteiger partial charge in [-0.15, -0.1) is 5.76 Å². The molecule has 1 aromatic carbocycles. The Bertz CT molecular complexity index is 549. The maximum atomic E-state index is 11.3. The first kappa shape index (κ1) is 11.3. The third kappa shape index (κ3) is 2.15. The van der Waals surface area contributed by atoms with Crippen LogP contribution in [0.2, 0.25) is 0 Å². The van der Waals surface area contributed by atoms with Crippen molar-refractivity contribution in [2.75, 3.05) is 0 Å². The van der Waals surface area contributed by atoms with E-state index in [1.54, 1.807) is 6.92 Å². The lowest BCUT2D eigenvalue weighted by atomic mass is 10.1. The maximum absolute atomic E-state index is 11.3. The van der Waals surface area contributed by atoms with E-state index < -0.39 is 0 Å². The fraction of sp³-hybridized carbons (Fsp3) is 0.154. The van der Waals surface area contributed by atoms with Crippen LogP contribution in [0.3, 0.4) is 0 Å². The van der Waals surface area contributed by atoms with Gasteiger partial charge in [0.25, 0.3) is 0 Å². The first-order chi connectivity index (χ1) is 8.09. The second kappa shape index (κ2) is 4.33. The van der Waals surface area contributed by atoms with E-state index in [-0.39, 0.29) is 11.6 Å². The van der Waals surface area contributed by atoms with Crippen LogP contribution in [0.15, 0.2) is 51.6 Å². The third-order valence-corrected chi connectivity index (χ3v) is 2.47. The van der Waals surface area contributed by atoms with Crippen molar-refractivity contribution in [2.45, 2.75) is 13.8 Å². The zero-order valence-electron chi connectivity index (χ0n) is 9.69. The summed E-state index contributed by atoms with van der Waals surface area (Å²) in [5.41, 5.74) is 1.69. The van der Waals surface area contributed by atoms with Crippen LogP contribution in [0.25, 0.3) is 0 Å². The van der Waals surface area contributed by atoms with Gasteiger partial charge in [0.15, 0.2) is 11.7 Å². The Morgan fingerprint density at radius 1 is 1.18 bits per heavy atom. The van der Waals surface area contributed by atoms with Gasteiger partial charge in [-0.1, -0.05) is 37.3 Å². The van der Waals surface area contributed by atoms with Gasteiger partial charge in [0.2, 0.25) is 0 Å². The molecule has 0 atom stereocenters. The zero-order chi connectivity index (χ0) is 12.4. The molecule has 4 heteroatoms. The summed E-state index contributed by atoms with van der Waals surface area (Å²) in [6.45, 7) is 3.15. The highest BCUT2D eigenvalue weighted by Crippen LogP contribution is 2.14. The van der Waals surface area contributed by atoms with Gasteiger partial charge in [-0.3, -0.25) is 5.41 Å². The normalized spacial score (nSPS) is 18.6. The van der Waals surface area contributed by atoms with E-state index in [1.165, 1.54) is 6.92 Å². The number of hydrogen-bond donors (Lipinski definition) is 1. The molecule has 0 bridgehead atoms. The summed E-state index contributed by atoms with van der Waals surface area (Å²) in [5.74, 6) is 0.300. The molecule has 1 heterocycles. The van der Waals surface area contributed by atoms with Gasteiger partial charge in [-0.05, 0) is 6.92 Å². The van der Waals surface area contributed by atoms with Gasteiger partial charge in [-0.25, -0.2) is 9.98 Å². The summed E-state index contributed by atoms with van der Waals surface area (Å²) >= 11 is 0. The molecule has 0 aliphatic carbocycles. The predicted molar refractivity (Wildman–Crippen MR) is 66.5 cm³/mol. The number of amidine groups is 2. The van der Waals surface area contributed by atoms with E-state index in [2.05, 4.69) is 9.98 Å². The number of nitrogens with zero attached hydrogens (tertiary/aromatic N) is 2. The zero-order valence-corrected chi connectivity index (χ0v) is 9.69. The topological polar surface area (TPSA) is 71.6 Å². The van der Waals surface area contributed by atoms with E-state index >= 15 is 0 Å². The van der Waals surface area contributed by atoms with Crippen molar-refractivity contribution in [1.82, 2.24) is 0 Å². The molecule has 2 rings (SSSR count). The van der Waals surface area contributed by atoms with Crippen LogP contribution in [0, 0.1) is 5.41 Å². The lowest BCUT2D eigenvalue weighted by Gasteiger charge is -2.18. The number of nitrogens with one attached hydrogen (secondary N) is 1. The van der Waals surface area contributed by atoms with Crippen molar-refractivity contribution in [3.8, 4) is 0 Å². The Morgan fingerprint density at radius 3 is 2.35 bits per heavy atom. The SMILES string of the molecule is CC1=NC(c2ccccc2)=NC(=N)C1=C(C)[O-]. The molecule has 86 valence electrons. The van der Waals surface area contributed by atoms with Crippen LogP contribution in [0.4, 0.5) is 0 Å². The van der Waals surface area contributed by atoms with Crippen LogP contribution >= 0.6 is 0 Å². The highest BCUT2D eigenvalue weighted by molar-refractivity contribution is 6.31. The maximum Gasteiger partial charge on any atom is 0.161 e. The highest BCUT2D eigenvalue weighted by atomic mass is 16.3. The Balaban J connectivity index is 2.47. The Labute approximate surface area is 99.6 Å². The van der Waals surface area contributed by atoms with Crippen molar-refractivity contribution < 1.29 is 5.11 Å². The van der Waals surface area contributed by atoms with Crippen molar-refractivity contribution in [2.24, 2.45) is 9.98 Å². The summed E-state index contributed by atoms with van der Waals surface area (Å²) in [5, 5.41) is 19.1. The van der Waals surface area contributed by atoms with Gasteiger partial charge in [-0.2, -0.15) is 0 Å². The van der Waals surface area contributed by atoms with E-state index in [4.69, 9.17) is 5.41 Å². The summed E-state index contributed by atoms with van der Waals surface area (Å²) < 4.78 is 0. The second-order valence-corrected chi connectivity index (χ2v) is 3.78. The molecule has 0 amide bonds. The molecular formula is C13H12N3O-. The Hall–Kier alpha value is -2.23. The summed E-state index contributed by atoms with van der Waals surface area (Å²) in [7, 11) is 0. The van der Waals surface area contributed by atoms with Gasteiger partial charge >= 0.3 is 0 Å². The van der Waals surface area contributed by atoms with Crippen molar-refractivity contribution >= 4 is 17.4 Å². The van der Waals surface area contributed by atoms with Crippen molar-refractivity contribution in [3.63, 3.8) is 0 Å². The number of allylic oxidation sites excluding steroid dienone is 1. The smallest absolute Gasteiger partial charge is 0.161 e. The van der Waals surface area contributed by atoms with Crippen molar-refractivity contribution in [1.29, 1.82) is 5.41 Å². The molecule has 1 N–H and O–H groups in total. The standard InChI is InChI=1S/C13H13N3O/c1-8-11(9(2)17)12(14)16-13(15-8)10-6-4-3-5-7-10/h3-7,14,17H,1-2H3/p-1. The first-order valence-electron chi connectivity index (χ1n) is 5.26. The van der Waals surface area contributed by atoms with Crippen LogP contribution in [-0.4, -0.2) is 17.4 Å². The van der Waals surface area contributed by atoms with Gasteiger partial charge in [0.05, 0.1) is 0 Å². The van der Waals surface area contributed by atoms with Crippen LogP contribution in [-0.2, 0) is 0 Å². The molecule has 0 unspecified atom stereocenters. The monoisotopic (exact) mass is 226 g/mol. The van der Waals surface area contributed by atoms with Crippen molar-refractivity contribution in [3.05, 3.63) is 47.2 Å². The van der Waals surface area contributed by atoms with E-state index in [0.29, 0.717) is 17.1 Å². The summed E-state index contributed by atoms with van der Waals surface area (Å²) in [6, 6.07) is 9.43. The fourth-order valence-corrected chi connectivity index (χ4v) is 1.71. The van der Waals surface area contributed by atoms with Gasteiger partial charge < -0.3 is 5.11 Å². The van der Waals surface area contributed by atoms with E-state index in [0.717, 1.165) is 5.56 Å². The van der Waals surface area contributed by atoms with Gasteiger partial charge in [0, 0.05) is 16.8 Å². The molecule has 1 aromatic rings. The van der Waals surface area contributed by atoms with E-state index in [9.17, 15) is 5.11 Å².